The van der Waals surface area contributed by atoms with E-state index in [0.717, 1.165) is 5.56 Å². The van der Waals surface area contributed by atoms with Crippen LogP contribution in [0.15, 0.2) is 35.1 Å². The van der Waals surface area contributed by atoms with Gasteiger partial charge in [0.15, 0.2) is 0 Å². The number of nitrogens with two attached hydrogens (primary N) is 1. The lowest BCUT2D eigenvalue weighted by molar-refractivity contribution is 0.291. The predicted molar refractivity (Wildman–Crippen MR) is 69.9 cm³/mol. The molecule has 0 radical (unpaired) electrons. The molecule has 0 aliphatic rings. The fourth-order valence-corrected chi connectivity index (χ4v) is 1.78. The highest BCUT2D eigenvalue weighted by molar-refractivity contribution is 9.10. The summed E-state index contributed by atoms with van der Waals surface area (Å²) in [5.41, 5.74) is 6.57. The molecule has 4 nitrogen and oxygen atoms in total. The van der Waals surface area contributed by atoms with Gasteiger partial charge in [0.1, 0.15) is 23.2 Å². The molecule has 1 heterocycles. The second kappa shape index (κ2) is 5.33. The summed E-state index contributed by atoms with van der Waals surface area (Å²) >= 11 is 9.14. The molecule has 2 rings (SSSR count). The molecule has 0 bridgehead atoms. The van der Waals surface area contributed by atoms with Crippen LogP contribution in [0.25, 0.3) is 0 Å². The topological polar surface area (TPSA) is 61.0 Å². The molecular formula is C11H9BrClN3O. The van der Waals surface area contributed by atoms with Crippen molar-refractivity contribution in [2.45, 2.75) is 6.61 Å². The van der Waals surface area contributed by atoms with Crippen LogP contribution in [0.4, 0.5) is 5.82 Å². The van der Waals surface area contributed by atoms with Crippen molar-refractivity contribution in [3.63, 3.8) is 0 Å². The Morgan fingerprint density at radius 1 is 1.35 bits per heavy atom. The molecule has 0 aliphatic carbocycles. The number of ether oxygens (including phenoxy) is 1. The number of rotatable bonds is 3. The van der Waals surface area contributed by atoms with Crippen LogP contribution in [0.5, 0.6) is 5.88 Å². The monoisotopic (exact) mass is 313 g/mol. The highest BCUT2D eigenvalue weighted by atomic mass is 79.9. The molecule has 0 amide bonds. The van der Waals surface area contributed by atoms with Crippen molar-refractivity contribution < 1.29 is 4.74 Å². The summed E-state index contributed by atoms with van der Waals surface area (Å²) in [7, 11) is 0. The van der Waals surface area contributed by atoms with Crippen molar-refractivity contribution in [2.75, 3.05) is 5.73 Å². The third-order valence-electron chi connectivity index (χ3n) is 2.05. The summed E-state index contributed by atoms with van der Waals surface area (Å²) in [6.45, 7) is 0.371. The minimum Gasteiger partial charge on any atom is -0.472 e. The Balaban J connectivity index is 2.10. The maximum atomic E-state index is 5.87. The zero-order valence-electron chi connectivity index (χ0n) is 8.73. The predicted octanol–water partition coefficient (Wildman–Crippen LogP) is 3.05. The third-order valence-corrected chi connectivity index (χ3v) is 3.03. The van der Waals surface area contributed by atoms with Gasteiger partial charge in [0.2, 0.25) is 5.88 Å². The van der Waals surface area contributed by atoms with Crippen molar-refractivity contribution in [2.24, 2.45) is 0 Å². The van der Waals surface area contributed by atoms with Crippen LogP contribution in [-0.4, -0.2) is 9.97 Å². The van der Waals surface area contributed by atoms with Crippen LogP contribution in [0.3, 0.4) is 0 Å². The maximum absolute atomic E-state index is 5.87. The van der Waals surface area contributed by atoms with Crippen molar-refractivity contribution in [1.29, 1.82) is 0 Å². The first-order chi connectivity index (χ1) is 8.16. The van der Waals surface area contributed by atoms with E-state index >= 15 is 0 Å². The highest BCUT2D eigenvalue weighted by Gasteiger charge is 2.07. The maximum Gasteiger partial charge on any atom is 0.233 e. The van der Waals surface area contributed by atoms with E-state index < -0.39 is 0 Å². The summed E-state index contributed by atoms with van der Waals surface area (Å²) < 4.78 is 6.08. The lowest BCUT2D eigenvalue weighted by Crippen LogP contribution is -2.01. The summed E-state index contributed by atoms with van der Waals surface area (Å²) in [5, 5.41) is 0.673. The number of aromatic nitrogens is 2. The molecule has 17 heavy (non-hydrogen) atoms. The van der Waals surface area contributed by atoms with E-state index in [0.29, 0.717) is 27.8 Å². The first-order valence-corrected chi connectivity index (χ1v) is 5.97. The fourth-order valence-electron chi connectivity index (χ4n) is 1.25. The molecule has 2 N–H and O–H groups in total. The molecule has 0 fully saturated rings. The Hall–Kier alpha value is -1.33. The van der Waals surface area contributed by atoms with Gasteiger partial charge in [-0.25, -0.2) is 9.97 Å². The average Bonchev–Trinajstić information content (AvgIpc) is 2.31. The van der Waals surface area contributed by atoms with E-state index in [4.69, 9.17) is 22.1 Å². The minimum absolute atomic E-state index is 0.348. The molecule has 1 aromatic carbocycles. The smallest absolute Gasteiger partial charge is 0.233 e. The van der Waals surface area contributed by atoms with Gasteiger partial charge in [-0.1, -0.05) is 23.7 Å². The Bertz CT molecular complexity index is 536. The van der Waals surface area contributed by atoms with E-state index in [1.54, 1.807) is 0 Å². The number of halogens is 2. The van der Waals surface area contributed by atoms with Gasteiger partial charge in [0.25, 0.3) is 0 Å². The van der Waals surface area contributed by atoms with E-state index in [1.165, 1.54) is 6.33 Å². The van der Waals surface area contributed by atoms with Crippen molar-refractivity contribution in [3.05, 3.63) is 45.7 Å². The first-order valence-electron chi connectivity index (χ1n) is 4.80. The summed E-state index contributed by atoms with van der Waals surface area (Å²) in [4.78, 5) is 7.81. The normalized spacial score (nSPS) is 10.2. The van der Waals surface area contributed by atoms with Gasteiger partial charge in [-0.15, -0.1) is 0 Å². The number of nitrogens with zero attached hydrogens (tertiary/aromatic N) is 2. The summed E-state index contributed by atoms with van der Waals surface area (Å²) in [6, 6.07) is 7.43. The van der Waals surface area contributed by atoms with Gasteiger partial charge in [-0.05, 0) is 33.6 Å². The zero-order chi connectivity index (χ0) is 12.3. The third kappa shape index (κ3) is 3.08. The molecule has 88 valence electrons. The number of hydrogen-bond acceptors (Lipinski definition) is 4. The summed E-state index contributed by atoms with van der Waals surface area (Å²) in [6.07, 6.45) is 1.35. The summed E-state index contributed by atoms with van der Waals surface area (Å²) in [5.74, 6) is 0.763. The molecule has 0 unspecified atom stereocenters. The van der Waals surface area contributed by atoms with Crippen LogP contribution in [-0.2, 0) is 6.61 Å². The molecule has 0 spiro atoms. The van der Waals surface area contributed by atoms with Crippen LogP contribution < -0.4 is 10.5 Å². The molecule has 0 saturated carbocycles. The molecule has 1 aromatic heterocycles. The highest BCUT2D eigenvalue weighted by Crippen LogP contribution is 2.26. The number of anilines is 1. The van der Waals surface area contributed by atoms with E-state index in [9.17, 15) is 0 Å². The van der Waals surface area contributed by atoms with Gasteiger partial charge in [-0.3, -0.25) is 0 Å². The average molecular weight is 315 g/mol. The van der Waals surface area contributed by atoms with Crippen molar-refractivity contribution in [1.82, 2.24) is 9.97 Å². The Morgan fingerprint density at radius 2 is 2.18 bits per heavy atom. The Morgan fingerprint density at radius 3 is 2.94 bits per heavy atom. The van der Waals surface area contributed by atoms with Gasteiger partial charge >= 0.3 is 0 Å². The van der Waals surface area contributed by atoms with Gasteiger partial charge in [-0.2, -0.15) is 0 Å². The van der Waals surface area contributed by atoms with E-state index in [2.05, 4.69) is 25.9 Å². The lowest BCUT2D eigenvalue weighted by Gasteiger charge is -2.07. The molecule has 0 aliphatic heterocycles. The van der Waals surface area contributed by atoms with Crippen LogP contribution in [0.2, 0.25) is 5.02 Å². The number of hydrogen-bond donors (Lipinski definition) is 1. The Labute approximate surface area is 112 Å². The number of benzene rings is 1. The molecule has 2 aromatic rings. The minimum atomic E-state index is 0.348. The molecular weight excluding hydrogens is 305 g/mol. The van der Waals surface area contributed by atoms with E-state index in [1.807, 2.05) is 24.3 Å². The van der Waals surface area contributed by atoms with Crippen molar-refractivity contribution >= 4 is 33.3 Å². The number of nitrogen functional groups attached to an aromatic ring is 1. The lowest BCUT2D eigenvalue weighted by atomic mass is 10.2. The van der Waals surface area contributed by atoms with Gasteiger partial charge < -0.3 is 10.5 Å². The van der Waals surface area contributed by atoms with Crippen LogP contribution in [0.1, 0.15) is 5.56 Å². The van der Waals surface area contributed by atoms with Crippen LogP contribution in [0, 0.1) is 0 Å². The van der Waals surface area contributed by atoms with Crippen LogP contribution >= 0.6 is 27.5 Å². The van der Waals surface area contributed by atoms with Gasteiger partial charge in [0.05, 0.1) is 0 Å². The molecule has 0 saturated heterocycles. The van der Waals surface area contributed by atoms with E-state index in [-0.39, 0.29) is 0 Å². The van der Waals surface area contributed by atoms with Gasteiger partial charge in [0, 0.05) is 5.02 Å². The largest absolute Gasteiger partial charge is 0.472 e. The zero-order valence-corrected chi connectivity index (χ0v) is 11.1. The van der Waals surface area contributed by atoms with Crippen molar-refractivity contribution in [3.8, 4) is 5.88 Å². The second-order valence-corrected chi connectivity index (χ2v) is 4.53. The SMILES string of the molecule is Nc1ncnc(OCc2cccc(Cl)c2)c1Br. The fraction of sp³-hybridized carbons (Fsp3) is 0.0909. The standard InChI is InChI=1S/C11H9BrClN3O/c12-9-10(14)15-6-16-11(9)17-5-7-2-1-3-8(13)4-7/h1-4,6H,5H2,(H2,14,15,16). The first kappa shape index (κ1) is 12.1. The Kier molecular flexibility index (Phi) is 3.81. The molecule has 6 heteroatoms. The second-order valence-electron chi connectivity index (χ2n) is 3.30. The molecule has 0 atom stereocenters. The quantitative estimate of drug-likeness (QED) is 0.946.